The summed E-state index contributed by atoms with van der Waals surface area (Å²) in [7, 11) is 0. The predicted molar refractivity (Wildman–Crippen MR) is 106 cm³/mol. The first-order chi connectivity index (χ1) is 13.4. The molecule has 3 aromatic rings. The van der Waals surface area contributed by atoms with Gasteiger partial charge in [-0.15, -0.1) is 0 Å². The van der Waals surface area contributed by atoms with Crippen LogP contribution in [0.15, 0.2) is 47.4 Å². The quantitative estimate of drug-likeness (QED) is 0.734. The lowest BCUT2D eigenvalue weighted by Gasteiger charge is -2.37. The Hall–Kier alpha value is -3.22. The summed E-state index contributed by atoms with van der Waals surface area (Å²) >= 11 is 0. The van der Waals surface area contributed by atoms with Gasteiger partial charge in [0.15, 0.2) is 5.82 Å². The number of nitrogens with zero attached hydrogens (tertiary/aromatic N) is 3. The first kappa shape index (κ1) is 18.2. The Labute approximate surface area is 162 Å². The van der Waals surface area contributed by atoms with Gasteiger partial charge in [-0.2, -0.15) is 10.2 Å². The highest BCUT2D eigenvalue weighted by Crippen LogP contribution is 2.41. The summed E-state index contributed by atoms with van der Waals surface area (Å²) in [6.45, 7) is 6.30. The average Bonchev–Trinajstić information content (AvgIpc) is 3.06. The van der Waals surface area contributed by atoms with E-state index in [1.807, 2.05) is 13.0 Å². The molecule has 7 heteroatoms. The van der Waals surface area contributed by atoms with Gasteiger partial charge < -0.3 is 5.32 Å². The monoisotopic (exact) mass is 377 g/mol. The molecule has 1 unspecified atom stereocenters. The number of hydrogen-bond acceptors (Lipinski definition) is 4. The molecule has 0 spiro atoms. The van der Waals surface area contributed by atoms with Gasteiger partial charge in [0.25, 0.3) is 11.5 Å². The molecule has 1 aliphatic rings. The Balaban J connectivity index is 1.60. The Bertz CT molecular complexity index is 1080. The summed E-state index contributed by atoms with van der Waals surface area (Å²) in [5.41, 5.74) is 3.45. The third-order valence-electron chi connectivity index (χ3n) is 5.56. The van der Waals surface area contributed by atoms with Gasteiger partial charge in [-0.05, 0) is 42.4 Å². The molecule has 1 aliphatic carbocycles. The van der Waals surface area contributed by atoms with Crippen molar-refractivity contribution in [3.8, 4) is 5.82 Å². The molecule has 7 nitrogen and oxygen atoms in total. The number of benzene rings is 1. The summed E-state index contributed by atoms with van der Waals surface area (Å²) in [6, 6.07) is 11.2. The summed E-state index contributed by atoms with van der Waals surface area (Å²) in [5.74, 6) is 0.300. The number of amides is 1. The second kappa shape index (κ2) is 6.74. The van der Waals surface area contributed by atoms with Gasteiger partial charge in [-0.3, -0.25) is 9.59 Å². The van der Waals surface area contributed by atoms with Crippen molar-refractivity contribution in [3.63, 3.8) is 0 Å². The zero-order chi connectivity index (χ0) is 19.9. The maximum atomic E-state index is 13.0. The van der Waals surface area contributed by atoms with Crippen molar-refractivity contribution in [2.45, 2.75) is 45.1 Å². The summed E-state index contributed by atoms with van der Waals surface area (Å²) in [4.78, 5) is 24.2. The molecule has 28 heavy (non-hydrogen) atoms. The van der Waals surface area contributed by atoms with Crippen LogP contribution in [0.25, 0.3) is 5.82 Å². The maximum absolute atomic E-state index is 13.0. The number of aromatic nitrogens is 4. The van der Waals surface area contributed by atoms with Crippen LogP contribution in [0.2, 0.25) is 0 Å². The fourth-order valence-electron chi connectivity index (χ4n) is 3.92. The molecule has 4 rings (SSSR count). The SMILES string of the molecule is Cc1c(C(=O)NC2CCC(C)(C)c3ccccc32)cnn1-c1ccc(=O)[nH]n1. The molecule has 1 atom stereocenters. The van der Waals surface area contributed by atoms with Crippen LogP contribution in [0.3, 0.4) is 0 Å². The van der Waals surface area contributed by atoms with E-state index >= 15 is 0 Å². The zero-order valence-corrected chi connectivity index (χ0v) is 16.2. The van der Waals surface area contributed by atoms with E-state index in [1.165, 1.54) is 23.4 Å². The van der Waals surface area contributed by atoms with Gasteiger partial charge in [-0.1, -0.05) is 38.1 Å². The van der Waals surface area contributed by atoms with Gasteiger partial charge >= 0.3 is 0 Å². The molecule has 2 N–H and O–H groups in total. The Morgan fingerprint density at radius 1 is 1.25 bits per heavy atom. The molecule has 1 aromatic carbocycles. The topological polar surface area (TPSA) is 92.7 Å². The van der Waals surface area contributed by atoms with Crippen LogP contribution in [0, 0.1) is 6.92 Å². The molecular formula is C21H23N5O2. The number of hydrogen-bond donors (Lipinski definition) is 2. The minimum absolute atomic E-state index is 0.0225. The van der Waals surface area contributed by atoms with Crippen molar-refractivity contribution in [2.75, 3.05) is 0 Å². The largest absolute Gasteiger partial charge is 0.345 e. The normalized spacial score (nSPS) is 17.8. The molecule has 1 amide bonds. The van der Waals surface area contributed by atoms with Crippen LogP contribution < -0.4 is 10.9 Å². The Morgan fingerprint density at radius 2 is 2.04 bits per heavy atom. The number of carbonyl (C=O) groups excluding carboxylic acids is 1. The fourth-order valence-corrected chi connectivity index (χ4v) is 3.92. The van der Waals surface area contributed by atoms with Gasteiger partial charge in [0, 0.05) is 6.07 Å². The predicted octanol–water partition coefficient (Wildman–Crippen LogP) is 2.81. The van der Waals surface area contributed by atoms with Gasteiger partial charge in [0.05, 0.1) is 23.5 Å². The standard InChI is InChI=1S/C21H23N5O2/c1-13-15(12-22-26(13)18-8-9-19(27)25-24-18)20(28)23-17-10-11-21(2,3)16-7-5-4-6-14(16)17/h4-9,12,17H,10-11H2,1-3H3,(H,23,28)(H,25,27). The second-order valence-corrected chi connectivity index (χ2v) is 7.87. The van der Waals surface area contributed by atoms with Crippen LogP contribution >= 0.6 is 0 Å². The molecular weight excluding hydrogens is 354 g/mol. The molecule has 0 bridgehead atoms. The number of aromatic amines is 1. The van der Waals surface area contributed by atoms with Crippen molar-refractivity contribution in [3.05, 3.63) is 75.3 Å². The third-order valence-corrected chi connectivity index (χ3v) is 5.56. The van der Waals surface area contributed by atoms with Crippen LogP contribution in [0.4, 0.5) is 0 Å². The minimum Gasteiger partial charge on any atom is -0.345 e. The number of rotatable bonds is 3. The zero-order valence-electron chi connectivity index (χ0n) is 16.2. The number of H-pyrrole nitrogens is 1. The van der Waals surface area contributed by atoms with E-state index in [4.69, 9.17) is 0 Å². The Morgan fingerprint density at radius 3 is 2.79 bits per heavy atom. The lowest BCUT2D eigenvalue weighted by Crippen LogP contribution is -2.35. The molecule has 144 valence electrons. The van der Waals surface area contributed by atoms with Crippen molar-refractivity contribution >= 4 is 5.91 Å². The van der Waals surface area contributed by atoms with Crippen LogP contribution in [-0.4, -0.2) is 25.9 Å². The van der Waals surface area contributed by atoms with Crippen LogP contribution in [0.1, 0.15) is 59.9 Å². The van der Waals surface area contributed by atoms with Crippen molar-refractivity contribution in [1.82, 2.24) is 25.3 Å². The van der Waals surface area contributed by atoms with Crippen molar-refractivity contribution < 1.29 is 4.79 Å². The summed E-state index contributed by atoms with van der Waals surface area (Å²) < 4.78 is 1.54. The van der Waals surface area contributed by atoms with E-state index in [2.05, 4.69) is 52.7 Å². The van der Waals surface area contributed by atoms with Gasteiger partial charge in [0.2, 0.25) is 0 Å². The lowest BCUT2D eigenvalue weighted by molar-refractivity contribution is 0.0929. The highest BCUT2D eigenvalue weighted by atomic mass is 16.1. The smallest absolute Gasteiger partial charge is 0.264 e. The number of carbonyl (C=O) groups is 1. The average molecular weight is 377 g/mol. The lowest BCUT2D eigenvalue weighted by atomic mass is 9.71. The van der Waals surface area contributed by atoms with Gasteiger partial charge in [-0.25, -0.2) is 9.78 Å². The summed E-state index contributed by atoms with van der Waals surface area (Å²) in [5, 5.41) is 13.8. The Kier molecular flexibility index (Phi) is 4.37. The van der Waals surface area contributed by atoms with Crippen molar-refractivity contribution in [2.24, 2.45) is 0 Å². The van der Waals surface area contributed by atoms with Crippen LogP contribution in [-0.2, 0) is 5.41 Å². The van der Waals surface area contributed by atoms with E-state index in [0.29, 0.717) is 17.1 Å². The number of fused-ring (bicyclic) bond motifs is 1. The summed E-state index contributed by atoms with van der Waals surface area (Å²) in [6.07, 6.45) is 3.44. The second-order valence-electron chi connectivity index (χ2n) is 7.87. The van der Waals surface area contributed by atoms with E-state index < -0.39 is 0 Å². The minimum atomic E-state index is -0.287. The highest BCUT2D eigenvalue weighted by Gasteiger charge is 2.33. The molecule has 0 saturated heterocycles. The maximum Gasteiger partial charge on any atom is 0.264 e. The van der Waals surface area contributed by atoms with E-state index in [0.717, 1.165) is 12.8 Å². The molecule has 0 fully saturated rings. The molecule has 0 aliphatic heterocycles. The first-order valence-corrected chi connectivity index (χ1v) is 9.38. The van der Waals surface area contributed by atoms with Crippen LogP contribution in [0.5, 0.6) is 0 Å². The third kappa shape index (κ3) is 3.13. The van der Waals surface area contributed by atoms with E-state index in [9.17, 15) is 9.59 Å². The van der Waals surface area contributed by atoms with Crippen molar-refractivity contribution in [1.29, 1.82) is 0 Å². The van der Waals surface area contributed by atoms with E-state index in [-0.39, 0.29) is 22.9 Å². The molecule has 2 aromatic heterocycles. The molecule has 2 heterocycles. The molecule has 0 radical (unpaired) electrons. The first-order valence-electron chi connectivity index (χ1n) is 9.38. The highest BCUT2D eigenvalue weighted by molar-refractivity contribution is 5.95. The van der Waals surface area contributed by atoms with E-state index in [1.54, 1.807) is 10.7 Å². The molecule has 0 saturated carbocycles. The fraction of sp³-hybridized carbons (Fsp3) is 0.333. The van der Waals surface area contributed by atoms with Gasteiger partial charge in [0.1, 0.15) is 0 Å². The number of nitrogens with one attached hydrogen (secondary N) is 2.